The molecule has 3 aromatic carbocycles. The van der Waals surface area contributed by atoms with Crippen molar-refractivity contribution in [2.45, 2.75) is 58.5 Å². The molecule has 1 heterocycles. The molecule has 10 nitrogen and oxygen atoms in total. The van der Waals surface area contributed by atoms with Crippen LogP contribution in [0.4, 0.5) is 11.4 Å². The van der Waals surface area contributed by atoms with E-state index in [-0.39, 0.29) is 36.3 Å². The van der Waals surface area contributed by atoms with Crippen molar-refractivity contribution in [3.63, 3.8) is 0 Å². The van der Waals surface area contributed by atoms with Gasteiger partial charge in [-0.1, -0.05) is 38.5 Å². The number of hydrogen-bond acceptors (Lipinski definition) is 6. The highest BCUT2D eigenvalue weighted by Crippen LogP contribution is 2.33. The van der Waals surface area contributed by atoms with Gasteiger partial charge in [-0.3, -0.25) is 19.2 Å². The first-order chi connectivity index (χ1) is 21.4. The Kier molecular flexibility index (Phi) is 11.5. The van der Waals surface area contributed by atoms with Crippen molar-refractivity contribution in [2.24, 2.45) is 5.73 Å². The van der Waals surface area contributed by atoms with E-state index >= 15 is 0 Å². The highest BCUT2D eigenvalue weighted by atomic mass is 16.5. The first-order valence-corrected chi connectivity index (χ1v) is 15.3. The van der Waals surface area contributed by atoms with Crippen LogP contribution in [0.15, 0.2) is 66.7 Å². The van der Waals surface area contributed by atoms with Crippen molar-refractivity contribution in [3.05, 3.63) is 89.0 Å². The third-order valence-corrected chi connectivity index (χ3v) is 7.23. The maximum absolute atomic E-state index is 13.4. The number of unbranched alkanes of at least 4 members (excludes halogenated alkanes) is 2. The van der Waals surface area contributed by atoms with Gasteiger partial charge >= 0.3 is 0 Å². The number of anilines is 2. The van der Waals surface area contributed by atoms with Crippen molar-refractivity contribution in [1.82, 2.24) is 10.2 Å². The molecule has 10 heteroatoms. The largest absolute Gasteiger partial charge is 0.482 e. The fourth-order valence-corrected chi connectivity index (χ4v) is 4.78. The molecule has 1 fully saturated rings. The molecular formula is C34H41N5O5. The summed E-state index contributed by atoms with van der Waals surface area (Å²) in [7, 11) is 0. The summed E-state index contributed by atoms with van der Waals surface area (Å²) in [6, 6.07) is 19.2. The number of hydrogen-bond donors (Lipinski definition) is 4. The quantitative estimate of drug-likeness (QED) is 0.217. The number of nitrogens with one attached hydrogen (secondary N) is 3. The molecule has 5 rings (SSSR count). The average molecular weight is 600 g/mol. The zero-order valence-corrected chi connectivity index (χ0v) is 25.4. The lowest BCUT2D eigenvalue weighted by Gasteiger charge is -2.24. The Hall–Kier alpha value is -4.70. The smallest absolute Gasteiger partial charge is 0.262 e. The van der Waals surface area contributed by atoms with Crippen LogP contribution in [-0.4, -0.2) is 54.3 Å². The van der Waals surface area contributed by atoms with Crippen LogP contribution in [0.25, 0.3) is 0 Å². The molecule has 5 N–H and O–H groups in total. The van der Waals surface area contributed by atoms with Crippen LogP contribution in [0.1, 0.15) is 82.6 Å². The third kappa shape index (κ3) is 8.67. The number of nitrogens with two attached hydrogens (primary N) is 1. The molecular weight excluding hydrogens is 558 g/mol. The van der Waals surface area contributed by atoms with Crippen molar-refractivity contribution >= 4 is 35.0 Å². The third-order valence-electron chi connectivity index (χ3n) is 7.23. The molecule has 0 saturated heterocycles. The zero-order chi connectivity index (χ0) is 31.5. The minimum Gasteiger partial charge on any atom is -0.482 e. The van der Waals surface area contributed by atoms with Crippen molar-refractivity contribution in [2.75, 3.05) is 30.3 Å². The van der Waals surface area contributed by atoms with Gasteiger partial charge in [0.1, 0.15) is 5.75 Å². The molecule has 2 aliphatic rings. The van der Waals surface area contributed by atoms with E-state index in [1.165, 1.54) is 0 Å². The van der Waals surface area contributed by atoms with Crippen LogP contribution in [0.3, 0.4) is 0 Å². The summed E-state index contributed by atoms with van der Waals surface area (Å²) in [5.74, 6) is -0.331. The van der Waals surface area contributed by atoms with Crippen LogP contribution in [0, 0.1) is 0 Å². The lowest BCUT2D eigenvalue weighted by molar-refractivity contribution is -0.118. The number of carbonyl (C=O) groups is 4. The van der Waals surface area contributed by atoms with E-state index in [1.54, 1.807) is 54.6 Å². The molecule has 232 valence electrons. The number of nitrogens with zero attached hydrogens (tertiary/aromatic N) is 1. The summed E-state index contributed by atoms with van der Waals surface area (Å²) in [6.07, 6.45) is 4.64. The highest BCUT2D eigenvalue weighted by Gasteiger charge is 2.33. The molecule has 1 aliphatic carbocycles. The molecule has 4 amide bonds. The maximum Gasteiger partial charge on any atom is 0.262 e. The number of ether oxygens (including phenoxy) is 1. The van der Waals surface area contributed by atoms with Crippen molar-refractivity contribution in [3.8, 4) is 5.75 Å². The minimum absolute atomic E-state index is 0.0757. The van der Waals surface area contributed by atoms with Gasteiger partial charge in [-0.05, 0) is 86.3 Å². The van der Waals surface area contributed by atoms with E-state index in [4.69, 9.17) is 10.5 Å². The number of rotatable bonds is 12. The fourth-order valence-electron chi connectivity index (χ4n) is 4.78. The number of carbonyl (C=O) groups excluding carboxylic acids is 4. The summed E-state index contributed by atoms with van der Waals surface area (Å²) in [4.78, 5) is 52.2. The first kappa shape index (κ1) is 32.2. The molecule has 0 unspecified atom stereocenters. The zero-order valence-electron chi connectivity index (χ0n) is 25.4. The average Bonchev–Trinajstić information content (AvgIpc) is 3.90. The minimum atomic E-state index is -0.294. The van der Waals surface area contributed by atoms with Crippen LogP contribution in [-0.2, 0) is 11.3 Å². The molecule has 1 aliphatic heterocycles. The van der Waals surface area contributed by atoms with Gasteiger partial charge in [0.15, 0.2) is 6.61 Å². The summed E-state index contributed by atoms with van der Waals surface area (Å²) in [6.45, 7) is 5.55. The number of benzene rings is 3. The van der Waals surface area contributed by atoms with Crippen molar-refractivity contribution < 1.29 is 23.9 Å². The Morgan fingerprint density at radius 1 is 0.909 bits per heavy atom. The predicted molar refractivity (Wildman–Crippen MR) is 171 cm³/mol. The number of amides is 4. The molecule has 1 saturated carbocycles. The molecule has 0 atom stereocenters. The van der Waals surface area contributed by atoms with Crippen LogP contribution < -0.4 is 26.4 Å². The Morgan fingerprint density at radius 3 is 2.39 bits per heavy atom. The Labute approximate surface area is 258 Å². The molecule has 44 heavy (non-hydrogen) atoms. The lowest BCUT2D eigenvalue weighted by atomic mass is 10.1. The standard InChI is InChI=1S/C32H35N5O5.C2H6/c33-15-2-1-3-16-34-30(39)23-5-4-6-25(17-23)35-31(40)22-9-7-21(8-10-22)19-37(26-12-13-26)32(41)24-11-14-27-28(18-24)42-20-29(38)36-27;1-2/h4-11,14,17-18,26H,1-3,12-13,15-16,19-20,33H2,(H,34,39)(H,35,40)(H,36,38);1-2H3. The SMILES string of the molecule is CC.NCCCCCNC(=O)c1cccc(NC(=O)c2ccc(CN(C(=O)c3ccc4c(c3)OCC(=O)N4)C3CC3)cc2)c1. The molecule has 0 spiro atoms. The molecule has 3 aromatic rings. The van der Waals surface area contributed by atoms with E-state index in [0.717, 1.165) is 37.7 Å². The highest BCUT2D eigenvalue weighted by molar-refractivity contribution is 6.05. The molecule has 0 aromatic heterocycles. The van der Waals surface area contributed by atoms with Crippen LogP contribution in [0.5, 0.6) is 5.75 Å². The molecule has 0 radical (unpaired) electrons. The van der Waals surface area contributed by atoms with E-state index in [1.807, 2.05) is 30.9 Å². The van der Waals surface area contributed by atoms with Gasteiger partial charge in [0.05, 0.1) is 5.69 Å². The van der Waals surface area contributed by atoms with Crippen LogP contribution in [0.2, 0.25) is 0 Å². The van der Waals surface area contributed by atoms with E-state index in [9.17, 15) is 19.2 Å². The Balaban J connectivity index is 0.00000216. The van der Waals surface area contributed by atoms with Gasteiger partial charge in [-0.25, -0.2) is 0 Å². The fraction of sp³-hybridized carbons (Fsp3) is 0.353. The van der Waals surface area contributed by atoms with Crippen LogP contribution >= 0.6 is 0 Å². The monoisotopic (exact) mass is 599 g/mol. The van der Waals surface area contributed by atoms with E-state index in [2.05, 4.69) is 16.0 Å². The van der Waals surface area contributed by atoms with Gasteiger partial charge < -0.3 is 31.3 Å². The second-order valence-corrected chi connectivity index (χ2v) is 10.5. The second-order valence-electron chi connectivity index (χ2n) is 10.5. The maximum atomic E-state index is 13.4. The topological polar surface area (TPSA) is 143 Å². The second kappa shape index (κ2) is 15.7. The van der Waals surface area contributed by atoms with Crippen molar-refractivity contribution in [1.29, 1.82) is 0 Å². The number of fused-ring (bicyclic) bond motifs is 1. The predicted octanol–water partition coefficient (Wildman–Crippen LogP) is 4.96. The normalized spacial score (nSPS) is 13.3. The lowest BCUT2D eigenvalue weighted by Crippen LogP contribution is -2.33. The summed E-state index contributed by atoms with van der Waals surface area (Å²) < 4.78 is 5.48. The van der Waals surface area contributed by atoms with Gasteiger partial charge in [0, 0.05) is 41.5 Å². The van der Waals surface area contributed by atoms with Gasteiger partial charge in [-0.15, -0.1) is 0 Å². The summed E-state index contributed by atoms with van der Waals surface area (Å²) in [5.41, 5.74) is 8.92. The first-order valence-electron chi connectivity index (χ1n) is 15.3. The van der Waals surface area contributed by atoms with Gasteiger partial charge in [0.2, 0.25) is 0 Å². The van der Waals surface area contributed by atoms with E-state index in [0.29, 0.717) is 53.4 Å². The Bertz CT molecular complexity index is 1470. The molecule has 0 bridgehead atoms. The van der Waals surface area contributed by atoms with Gasteiger partial charge in [0.25, 0.3) is 23.6 Å². The summed E-state index contributed by atoms with van der Waals surface area (Å²) in [5, 5.41) is 8.49. The Morgan fingerprint density at radius 2 is 1.66 bits per heavy atom. The summed E-state index contributed by atoms with van der Waals surface area (Å²) >= 11 is 0. The van der Waals surface area contributed by atoms with E-state index < -0.39 is 0 Å². The van der Waals surface area contributed by atoms with Gasteiger partial charge in [-0.2, -0.15) is 0 Å².